The third kappa shape index (κ3) is 4.01. The maximum atomic E-state index is 11.6. The van der Waals surface area contributed by atoms with Crippen LogP contribution in [0.1, 0.15) is 27.2 Å². The molecule has 108 valence electrons. The van der Waals surface area contributed by atoms with Crippen LogP contribution in [0, 0.1) is 0 Å². The Balaban J connectivity index is 2.70. The summed E-state index contributed by atoms with van der Waals surface area (Å²) in [6, 6.07) is -2.08. The monoisotopic (exact) mass is 274 g/mol. The number of nitrogens with one attached hydrogen (secondary N) is 1. The summed E-state index contributed by atoms with van der Waals surface area (Å²) in [7, 11) is 0. The number of hydrogen-bond acceptors (Lipinski definition) is 4. The van der Waals surface area contributed by atoms with Crippen molar-refractivity contribution in [1.29, 1.82) is 0 Å². The van der Waals surface area contributed by atoms with Crippen LogP contribution in [0.4, 0.5) is 9.59 Å². The minimum Gasteiger partial charge on any atom is -0.480 e. The summed E-state index contributed by atoms with van der Waals surface area (Å²) in [5, 5.41) is 20.3. The van der Waals surface area contributed by atoms with Crippen LogP contribution in [0.3, 0.4) is 0 Å². The zero-order chi connectivity index (χ0) is 14.8. The number of alkyl carbamates (subject to hydrolysis) is 1. The van der Waals surface area contributed by atoms with Crippen LogP contribution >= 0.6 is 0 Å². The van der Waals surface area contributed by atoms with Gasteiger partial charge in [-0.15, -0.1) is 0 Å². The Bertz CT molecular complexity index is 389. The van der Waals surface area contributed by atoms with E-state index in [9.17, 15) is 14.4 Å². The first-order chi connectivity index (χ1) is 8.61. The fraction of sp³-hybridized carbons (Fsp3) is 0.727. The van der Waals surface area contributed by atoms with Gasteiger partial charge in [0.05, 0.1) is 6.04 Å². The standard InChI is InChI=1S/C11H18N2O6/c1-11(2,3)19-9(16)12-6-4-5-13(10(17)18)7(6)8(14)15/h6-7H,4-5H2,1-3H3,(H,12,16)(H,14,15)(H,17,18). The molecule has 2 amide bonds. The highest BCUT2D eigenvalue weighted by Gasteiger charge is 2.43. The largest absolute Gasteiger partial charge is 0.480 e. The molecule has 2 atom stereocenters. The van der Waals surface area contributed by atoms with Gasteiger partial charge in [0.2, 0.25) is 0 Å². The number of nitrogens with zero attached hydrogens (tertiary/aromatic N) is 1. The van der Waals surface area contributed by atoms with Crippen LogP contribution in [0.25, 0.3) is 0 Å². The van der Waals surface area contributed by atoms with Gasteiger partial charge in [-0.3, -0.25) is 4.90 Å². The van der Waals surface area contributed by atoms with Gasteiger partial charge in [0.1, 0.15) is 5.60 Å². The van der Waals surface area contributed by atoms with Crippen molar-refractivity contribution in [3.8, 4) is 0 Å². The van der Waals surface area contributed by atoms with Crippen molar-refractivity contribution in [3.63, 3.8) is 0 Å². The number of likely N-dealkylation sites (tertiary alicyclic amines) is 1. The number of carbonyl (C=O) groups excluding carboxylic acids is 1. The summed E-state index contributed by atoms with van der Waals surface area (Å²) in [5.74, 6) is -1.29. The molecule has 1 saturated heterocycles. The van der Waals surface area contributed by atoms with Gasteiger partial charge in [-0.2, -0.15) is 0 Å². The molecular weight excluding hydrogens is 256 g/mol. The Morgan fingerprint density at radius 2 is 1.84 bits per heavy atom. The van der Waals surface area contributed by atoms with E-state index < -0.39 is 35.8 Å². The number of carboxylic acid groups (broad SMARTS) is 2. The van der Waals surface area contributed by atoms with Gasteiger partial charge in [0.25, 0.3) is 0 Å². The topological polar surface area (TPSA) is 116 Å². The van der Waals surface area contributed by atoms with E-state index in [-0.39, 0.29) is 13.0 Å². The van der Waals surface area contributed by atoms with E-state index in [0.29, 0.717) is 0 Å². The van der Waals surface area contributed by atoms with Gasteiger partial charge >= 0.3 is 18.2 Å². The molecule has 0 radical (unpaired) electrons. The lowest BCUT2D eigenvalue weighted by Crippen LogP contribution is -2.51. The maximum absolute atomic E-state index is 11.6. The van der Waals surface area contributed by atoms with Crippen molar-refractivity contribution in [2.24, 2.45) is 0 Å². The van der Waals surface area contributed by atoms with Crippen molar-refractivity contribution in [2.45, 2.75) is 44.9 Å². The molecule has 0 aliphatic carbocycles. The van der Waals surface area contributed by atoms with Crippen molar-refractivity contribution < 1.29 is 29.3 Å². The fourth-order valence-corrected chi connectivity index (χ4v) is 1.92. The van der Waals surface area contributed by atoms with E-state index >= 15 is 0 Å². The third-order valence-electron chi connectivity index (χ3n) is 2.60. The highest BCUT2D eigenvalue weighted by Crippen LogP contribution is 2.19. The molecule has 8 heteroatoms. The maximum Gasteiger partial charge on any atom is 0.408 e. The van der Waals surface area contributed by atoms with Gasteiger partial charge in [-0.05, 0) is 27.2 Å². The smallest absolute Gasteiger partial charge is 0.408 e. The van der Waals surface area contributed by atoms with Crippen LogP contribution in [0.15, 0.2) is 0 Å². The molecule has 0 bridgehead atoms. The Hall–Kier alpha value is -1.99. The first-order valence-electron chi connectivity index (χ1n) is 5.83. The molecule has 0 saturated carbocycles. The van der Waals surface area contributed by atoms with Crippen molar-refractivity contribution in [2.75, 3.05) is 6.54 Å². The molecule has 1 heterocycles. The second kappa shape index (κ2) is 5.33. The van der Waals surface area contributed by atoms with Gasteiger partial charge < -0.3 is 20.3 Å². The number of amides is 2. The number of carbonyl (C=O) groups is 3. The molecule has 1 rings (SSSR count). The van der Waals surface area contributed by atoms with Crippen LogP contribution in [-0.4, -0.2) is 57.5 Å². The van der Waals surface area contributed by atoms with Crippen molar-refractivity contribution >= 4 is 18.2 Å². The number of hydrogen-bond donors (Lipinski definition) is 3. The lowest BCUT2D eigenvalue weighted by molar-refractivity contribution is -0.142. The lowest BCUT2D eigenvalue weighted by Gasteiger charge is -2.25. The molecule has 1 aliphatic rings. The van der Waals surface area contributed by atoms with E-state index in [2.05, 4.69) is 5.32 Å². The second-order valence-corrected chi connectivity index (χ2v) is 5.30. The highest BCUT2D eigenvalue weighted by atomic mass is 16.6. The molecule has 19 heavy (non-hydrogen) atoms. The third-order valence-corrected chi connectivity index (χ3v) is 2.60. The number of ether oxygens (including phenoxy) is 1. The zero-order valence-electron chi connectivity index (χ0n) is 11.0. The van der Waals surface area contributed by atoms with Crippen molar-refractivity contribution in [3.05, 3.63) is 0 Å². The summed E-state index contributed by atoms with van der Waals surface area (Å²) >= 11 is 0. The minimum atomic E-state index is -1.32. The van der Waals surface area contributed by atoms with Crippen LogP contribution in [-0.2, 0) is 9.53 Å². The predicted molar refractivity (Wildman–Crippen MR) is 63.9 cm³/mol. The quantitative estimate of drug-likeness (QED) is 0.683. The van der Waals surface area contributed by atoms with Crippen LogP contribution in [0.2, 0.25) is 0 Å². The summed E-state index contributed by atoms with van der Waals surface area (Å²) < 4.78 is 5.01. The molecule has 0 aromatic heterocycles. The number of aliphatic carboxylic acids is 1. The van der Waals surface area contributed by atoms with Gasteiger partial charge in [0, 0.05) is 6.54 Å². The molecule has 3 N–H and O–H groups in total. The zero-order valence-corrected chi connectivity index (χ0v) is 11.0. The summed E-state index contributed by atoms with van der Waals surface area (Å²) in [5.41, 5.74) is -0.701. The SMILES string of the molecule is CC(C)(C)OC(=O)NC1CCN(C(=O)O)C1C(=O)O. The molecule has 0 spiro atoms. The van der Waals surface area contributed by atoms with E-state index in [0.717, 1.165) is 4.90 Å². The first kappa shape index (κ1) is 15.1. The molecule has 0 aromatic rings. The van der Waals surface area contributed by atoms with Crippen LogP contribution in [0.5, 0.6) is 0 Å². The van der Waals surface area contributed by atoms with E-state index in [1.165, 1.54) is 0 Å². The first-order valence-corrected chi connectivity index (χ1v) is 5.83. The Morgan fingerprint density at radius 3 is 2.26 bits per heavy atom. The molecule has 0 aromatic carbocycles. The van der Waals surface area contributed by atoms with E-state index in [1.54, 1.807) is 20.8 Å². The Labute approximate surface area is 110 Å². The van der Waals surface area contributed by atoms with Gasteiger partial charge in [-0.25, -0.2) is 14.4 Å². The van der Waals surface area contributed by atoms with Gasteiger partial charge in [-0.1, -0.05) is 0 Å². The number of rotatable bonds is 2. The second-order valence-electron chi connectivity index (χ2n) is 5.30. The average Bonchev–Trinajstić information content (AvgIpc) is 2.57. The Morgan fingerprint density at radius 1 is 1.26 bits per heavy atom. The number of carboxylic acids is 1. The van der Waals surface area contributed by atoms with Gasteiger partial charge in [0.15, 0.2) is 6.04 Å². The predicted octanol–water partition coefficient (Wildman–Crippen LogP) is 0.717. The fourth-order valence-electron chi connectivity index (χ4n) is 1.92. The minimum absolute atomic E-state index is 0.0623. The normalized spacial score (nSPS) is 23.0. The molecule has 1 aliphatic heterocycles. The van der Waals surface area contributed by atoms with Crippen LogP contribution < -0.4 is 5.32 Å². The highest BCUT2D eigenvalue weighted by molar-refractivity contribution is 5.82. The summed E-state index contributed by atoms with van der Waals surface area (Å²) in [6.45, 7) is 5.10. The van der Waals surface area contributed by atoms with E-state index in [4.69, 9.17) is 14.9 Å². The molecule has 8 nitrogen and oxygen atoms in total. The molecule has 2 unspecified atom stereocenters. The molecule has 1 fully saturated rings. The van der Waals surface area contributed by atoms with Crippen molar-refractivity contribution in [1.82, 2.24) is 10.2 Å². The summed E-state index contributed by atoms with van der Waals surface area (Å²) in [6.07, 6.45) is -1.83. The van der Waals surface area contributed by atoms with E-state index in [1.807, 2.05) is 0 Å². The summed E-state index contributed by atoms with van der Waals surface area (Å²) in [4.78, 5) is 34.4. The molecular formula is C11H18N2O6. The Kier molecular flexibility index (Phi) is 4.23. The lowest BCUT2D eigenvalue weighted by atomic mass is 10.1. The average molecular weight is 274 g/mol.